The van der Waals surface area contributed by atoms with Crippen LogP contribution in [-0.2, 0) is 9.59 Å². The van der Waals surface area contributed by atoms with Crippen LogP contribution in [0.2, 0.25) is 0 Å². The van der Waals surface area contributed by atoms with E-state index in [9.17, 15) is 28.4 Å². The lowest BCUT2D eigenvalue weighted by atomic mass is 10.0. The summed E-state index contributed by atoms with van der Waals surface area (Å²) in [6, 6.07) is 0.683. The van der Waals surface area contributed by atoms with Crippen LogP contribution in [-0.4, -0.2) is 40.9 Å². The Kier molecular flexibility index (Phi) is 3.09. The largest absolute Gasteiger partial charge is 0.298 e. The Morgan fingerprint density at radius 2 is 1.77 bits per heavy atom. The zero-order valence-electron chi connectivity index (χ0n) is 11.1. The van der Waals surface area contributed by atoms with Gasteiger partial charge in [-0.05, 0) is 18.6 Å². The molecular weight excluding hydrogens is 295 g/mol. The number of hydrogen-bond donors (Lipinski definition) is 1. The van der Waals surface area contributed by atoms with E-state index in [1.165, 1.54) is 0 Å². The van der Waals surface area contributed by atoms with E-state index in [0.29, 0.717) is 4.90 Å². The summed E-state index contributed by atoms with van der Waals surface area (Å²) in [5.74, 6) is -3.74. The Bertz CT molecular complexity index is 758. The van der Waals surface area contributed by atoms with Crippen molar-refractivity contribution in [2.75, 3.05) is 0 Å². The molecular formula is C14H9FN2O5. The van der Waals surface area contributed by atoms with Gasteiger partial charge in [0.25, 0.3) is 11.8 Å². The van der Waals surface area contributed by atoms with E-state index < -0.39 is 35.5 Å². The summed E-state index contributed by atoms with van der Waals surface area (Å²) in [5.41, 5.74) is -0.666. The van der Waals surface area contributed by atoms with Crippen molar-refractivity contribution in [2.24, 2.45) is 0 Å². The highest BCUT2D eigenvalue weighted by molar-refractivity contribution is 6.23. The number of nitrogens with one attached hydrogen (secondary N) is 1. The molecule has 2 aliphatic rings. The molecule has 0 bridgehead atoms. The summed E-state index contributed by atoms with van der Waals surface area (Å²) < 4.78 is 13.6. The number of benzene rings is 1. The summed E-state index contributed by atoms with van der Waals surface area (Å²) >= 11 is 0. The highest BCUT2D eigenvalue weighted by atomic mass is 19.1. The predicted octanol–water partition coefficient (Wildman–Crippen LogP) is 0.0394. The van der Waals surface area contributed by atoms with Crippen molar-refractivity contribution in [3.63, 3.8) is 0 Å². The van der Waals surface area contributed by atoms with Gasteiger partial charge in [0.15, 0.2) is 6.29 Å². The molecule has 0 radical (unpaired) electrons. The van der Waals surface area contributed by atoms with Gasteiger partial charge in [0, 0.05) is 6.42 Å². The lowest BCUT2D eigenvalue weighted by Crippen LogP contribution is -2.54. The normalized spacial score (nSPS) is 21.0. The third-order valence-electron chi connectivity index (χ3n) is 3.68. The highest BCUT2D eigenvalue weighted by Gasteiger charge is 2.45. The van der Waals surface area contributed by atoms with Crippen molar-refractivity contribution >= 4 is 29.9 Å². The van der Waals surface area contributed by atoms with Gasteiger partial charge in [-0.3, -0.25) is 34.2 Å². The number of fused-ring (bicyclic) bond motifs is 1. The number of halogens is 1. The number of rotatable bonds is 2. The molecule has 2 aliphatic heterocycles. The minimum atomic E-state index is -1.12. The molecule has 0 aliphatic carbocycles. The van der Waals surface area contributed by atoms with E-state index in [0.717, 1.165) is 12.1 Å². The van der Waals surface area contributed by atoms with E-state index in [1.807, 2.05) is 0 Å². The Morgan fingerprint density at radius 3 is 2.36 bits per heavy atom. The number of nitrogens with zero attached hydrogens (tertiary/aromatic N) is 1. The quantitative estimate of drug-likeness (QED) is 0.614. The lowest BCUT2D eigenvalue weighted by Gasteiger charge is -2.27. The number of carbonyl (C=O) groups is 5. The first-order valence-electron chi connectivity index (χ1n) is 6.44. The molecule has 7 nitrogen and oxygen atoms in total. The zero-order chi connectivity index (χ0) is 16.0. The predicted molar refractivity (Wildman–Crippen MR) is 68.5 cm³/mol. The maximum Gasteiger partial charge on any atom is 0.262 e. The van der Waals surface area contributed by atoms with Gasteiger partial charge in [-0.1, -0.05) is 0 Å². The maximum atomic E-state index is 13.6. The fraction of sp³-hybridized carbons (Fsp3) is 0.214. The molecule has 1 unspecified atom stereocenters. The fourth-order valence-corrected chi connectivity index (χ4v) is 2.60. The SMILES string of the molecule is O=Cc1cc2c(cc1F)C(=O)N(C1CCC(=O)NC1=O)C2=O. The molecule has 1 aromatic carbocycles. The summed E-state index contributed by atoms with van der Waals surface area (Å²) in [6.45, 7) is 0. The van der Waals surface area contributed by atoms with E-state index in [-0.39, 0.29) is 35.8 Å². The smallest absolute Gasteiger partial charge is 0.262 e. The van der Waals surface area contributed by atoms with Crippen LogP contribution in [0.1, 0.15) is 43.9 Å². The number of aldehydes is 1. The molecule has 0 spiro atoms. The number of piperidine rings is 1. The van der Waals surface area contributed by atoms with Crippen LogP contribution < -0.4 is 5.32 Å². The van der Waals surface area contributed by atoms with Crippen LogP contribution in [0.3, 0.4) is 0 Å². The molecule has 1 atom stereocenters. The van der Waals surface area contributed by atoms with Gasteiger partial charge in [-0.15, -0.1) is 0 Å². The van der Waals surface area contributed by atoms with Crippen molar-refractivity contribution in [3.05, 3.63) is 34.6 Å². The number of amides is 4. The second-order valence-electron chi connectivity index (χ2n) is 4.98. The molecule has 112 valence electrons. The topological polar surface area (TPSA) is 101 Å². The number of carbonyl (C=O) groups excluding carboxylic acids is 5. The molecule has 0 aromatic heterocycles. The molecule has 3 rings (SSSR count). The van der Waals surface area contributed by atoms with E-state index >= 15 is 0 Å². The Morgan fingerprint density at radius 1 is 1.14 bits per heavy atom. The highest BCUT2D eigenvalue weighted by Crippen LogP contribution is 2.29. The van der Waals surface area contributed by atoms with E-state index in [4.69, 9.17) is 0 Å². The second kappa shape index (κ2) is 4.83. The van der Waals surface area contributed by atoms with Crippen molar-refractivity contribution in [1.29, 1.82) is 0 Å². The second-order valence-corrected chi connectivity index (χ2v) is 4.98. The molecule has 1 saturated heterocycles. The first kappa shape index (κ1) is 14.1. The monoisotopic (exact) mass is 304 g/mol. The third kappa shape index (κ3) is 1.92. The van der Waals surface area contributed by atoms with Crippen LogP contribution in [0.25, 0.3) is 0 Å². The molecule has 1 fully saturated rings. The van der Waals surface area contributed by atoms with Gasteiger partial charge in [-0.25, -0.2) is 4.39 Å². The summed E-state index contributed by atoms with van der Waals surface area (Å²) in [4.78, 5) is 59.0. The van der Waals surface area contributed by atoms with Gasteiger partial charge in [0.05, 0.1) is 16.7 Å². The van der Waals surface area contributed by atoms with Crippen LogP contribution in [0.4, 0.5) is 4.39 Å². The first-order valence-corrected chi connectivity index (χ1v) is 6.44. The van der Waals surface area contributed by atoms with Crippen molar-refractivity contribution in [3.8, 4) is 0 Å². The van der Waals surface area contributed by atoms with E-state index in [2.05, 4.69) is 5.32 Å². The van der Waals surface area contributed by atoms with Crippen LogP contribution >= 0.6 is 0 Å². The molecule has 4 amide bonds. The summed E-state index contributed by atoms with van der Waals surface area (Å²) in [5, 5.41) is 2.05. The standard InChI is InChI=1S/C14H9FN2O5/c15-9-4-8-7(3-6(9)5-18)13(21)17(14(8)22)10-1-2-11(19)16-12(10)20/h3-5,10H,1-2H2,(H,16,19,20). The molecule has 22 heavy (non-hydrogen) atoms. The van der Waals surface area contributed by atoms with Gasteiger partial charge >= 0.3 is 0 Å². The minimum absolute atomic E-state index is 0.00222. The van der Waals surface area contributed by atoms with Gasteiger partial charge in [0.2, 0.25) is 11.8 Å². The van der Waals surface area contributed by atoms with Gasteiger partial charge < -0.3 is 0 Å². The third-order valence-corrected chi connectivity index (χ3v) is 3.68. The average molecular weight is 304 g/mol. The summed E-state index contributed by atoms with van der Waals surface area (Å²) in [7, 11) is 0. The molecule has 1 aromatic rings. The number of imide groups is 2. The maximum absolute atomic E-state index is 13.6. The zero-order valence-corrected chi connectivity index (χ0v) is 11.1. The van der Waals surface area contributed by atoms with Crippen molar-refractivity contribution in [1.82, 2.24) is 10.2 Å². The molecule has 2 heterocycles. The number of hydrogen-bond acceptors (Lipinski definition) is 5. The van der Waals surface area contributed by atoms with E-state index in [1.54, 1.807) is 0 Å². The Hall–Kier alpha value is -2.90. The Balaban J connectivity index is 2.01. The van der Waals surface area contributed by atoms with Crippen LogP contribution in [0, 0.1) is 5.82 Å². The van der Waals surface area contributed by atoms with Gasteiger partial charge in [0.1, 0.15) is 11.9 Å². The van der Waals surface area contributed by atoms with Gasteiger partial charge in [-0.2, -0.15) is 0 Å². The molecule has 1 N–H and O–H groups in total. The fourth-order valence-electron chi connectivity index (χ4n) is 2.60. The minimum Gasteiger partial charge on any atom is -0.298 e. The Labute approximate surface area is 123 Å². The molecule has 8 heteroatoms. The first-order chi connectivity index (χ1) is 10.4. The van der Waals surface area contributed by atoms with Crippen LogP contribution in [0.5, 0.6) is 0 Å². The van der Waals surface area contributed by atoms with Crippen molar-refractivity contribution in [2.45, 2.75) is 18.9 Å². The van der Waals surface area contributed by atoms with Crippen molar-refractivity contribution < 1.29 is 28.4 Å². The summed E-state index contributed by atoms with van der Waals surface area (Å²) in [6.07, 6.45) is 0.249. The van der Waals surface area contributed by atoms with Crippen LogP contribution in [0.15, 0.2) is 12.1 Å². The molecule has 0 saturated carbocycles. The lowest BCUT2D eigenvalue weighted by molar-refractivity contribution is -0.136. The average Bonchev–Trinajstić information content (AvgIpc) is 2.70.